The molecule has 0 saturated carbocycles. The van der Waals surface area contributed by atoms with Crippen molar-refractivity contribution in [3.8, 4) is 0 Å². The number of nitrogens with zero attached hydrogens (tertiary/aromatic N) is 4. The van der Waals surface area contributed by atoms with Crippen LogP contribution in [0.3, 0.4) is 0 Å². The average molecular weight is 478 g/mol. The first-order valence-electron chi connectivity index (χ1n) is 7.71. The predicted octanol–water partition coefficient (Wildman–Crippen LogP) is 5.12. The van der Waals surface area contributed by atoms with Crippen LogP contribution in [0.1, 0.15) is 11.1 Å². The topological polar surface area (TPSA) is 72.2 Å². The van der Waals surface area contributed by atoms with Crippen molar-refractivity contribution in [3.05, 3.63) is 91.1 Å². The third-order valence-electron chi connectivity index (χ3n) is 3.64. The maximum Gasteiger partial charge on any atom is 0.305 e. The molecule has 3 aromatic rings. The number of aromatic nitrogens is 2. The molecule has 0 amide bonds. The molecule has 2 aromatic carbocycles. The van der Waals surface area contributed by atoms with Crippen LogP contribution in [-0.2, 0) is 13.1 Å². The summed E-state index contributed by atoms with van der Waals surface area (Å²) in [6.45, 7) is 1.15. The molecular formula is C18H14Br2N4O2. The van der Waals surface area contributed by atoms with Gasteiger partial charge in [0.05, 0.1) is 4.92 Å². The summed E-state index contributed by atoms with van der Waals surface area (Å²) in [5, 5.41) is 10.8. The van der Waals surface area contributed by atoms with Gasteiger partial charge in [0.2, 0.25) is 5.95 Å². The Morgan fingerprint density at radius 2 is 1.42 bits per heavy atom. The summed E-state index contributed by atoms with van der Waals surface area (Å²) in [6.07, 6.45) is 2.47. The van der Waals surface area contributed by atoms with Crippen molar-refractivity contribution >= 4 is 43.5 Å². The average Bonchev–Trinajstić information content (AvgIpc) is 2.61. The molecule has 0 fully saturated rings. The van der Waals surface area contributed by atoms with Gasteiger partial charge < -0.3 is 4.90 Å². The minimum Gasteiger partial charge on any atom is -0.332 e. The maximum absolute atomic E-state index is 10.8. The minimum atomic E-state index is -0.503. The van der Waals surface area contributed by atoms with E-state index in [9.17, 15) is 10.1 Å². The van der Waals surface area contributed by atoms with E-state index in [1.165, 1.54) is 12.4 Å². The molecule has 0 saturated heterocycles. The first-order chi connectivity index (χ1) is 12.5. The van der Waals surface area contributed by atoms with Crippen LogP contribution < -0.4 is 4.90 Å². The Hall–Kier alpha value is -2.32. The van der Waals surface area contributed by atoms with Crippen molar-refractivity contribution in [1.82, 2.24) is 9.97 Å². The van der Waals surface area contributed by atoms with E-state index in [2.05, 4.69) is 41.8 Å². The van der Waals surface area contributed by atoms with Crippen molar-refractivity contribution in [1.29, 1.82) is 0 Å². The van der Waals surface area contributed by atoms with Gasteiger partial charge in [-0.25, -0.2) is 9.97 Å². The fourth-order valence-corrected chi connectivity index (χ4v) is 3.37. The molecule has 3 rings (SSSR count). The number of rotatable bonds is 6. The molecule has 0 bridgehead atoms. The zero-order valence-corrected chi connectivity index (χ0v) is 16.7. The van der Waals surface area contributed by atoms with Gasteiger partial charge in [-0.2, -0.15) is 0 Å². The zero-order chi connectivity index (χ0) is 18.5. The normalized spacial score (nSPS) is 10.5. The molecule has 26 heavy (non-hydrogen) atoms. The largest absolute Gasteiger partial charge is 0.332 e. The van der Waals surface area contributed by atoms with Gasteiger partial charge in [-0.1, -0.05) is 56.1 Å². The highest BCUT2D eigenvalue weighted by atomic mass is 79.9. The summed E-state index contributed by atoms with van der Waals surface area (Å²) >= 11 is 6.96. The second-order valence-corrected chi connectivity index (χ2v) is 7.45. The number of hydrogen-bond acceptors (Lipinski definition) is 5. The SMILES string of the molecule is O=[N+]([O-])c1cnc(N(Cc2cccc(Br)c2)Cc2cccc(Br)c2)nc1. The Morgan fingerprint density at radius 1 is 0.923 bits per heavy atom. The van der Waals surface area contributed by atoms with Crippen LogP contribution in [0.2, 0.25) is 0 Å². The highest BCUT2D eigenvalue weighted by Gasteiger charge is 2.14. The quantitative estimate of drug-likeness (QED) is 0.364. The summed E-state index contributed by atoms with van der Waals surface area (Å²) in [6, 6.07) is 15.9. The molecule has 8 heteroatoms. The smallest absolute Gasteiger partial charge is 0.305 e. The number of anilines is 1. The van der Waals surface area contributed by atoms with E-state index in [0.717, 1.165) is 20.1 Å². The molecule has 0 spiro atoms. The van der Waals surface area contributed by atoms with Crippen molar-refractivity contribution in [2.45, 2.75) is 13.1 Å². The fourth-order valence-electron chi connectivity index (χ4n) is 2.48. The van der Waals surface area contributed by atoms with E-state index < -0.39 is 4.92 Å². The van der Waals surface area contributed by atoms with Crippen molar-refractivity contribution < 1.29 is 4.92 Å². The lowest BCUT2D eigenvalue weighted by molar-refractivity contribution is -0.385. The Kier molecular flexibility index (Phi) is 5.95. The Labute approximate surface area is 167 Å². The van der Waals surface area contributed by atoms with Gasteiger partial charge in [-0.3, -0.25) is 10.1 Å². The summed E-state index contributed by atoms with van der Waals surface area (Å²) < 4.78 is 1.98. The van der Waals surface area contributed by atoms with Crippen molar-refractivity contribution in [3.63, 3.8) is 0 Å². The van der Waals surface area contributed by atoms with Gasteiger partial charge in [0.1, 0.15) is 12.4 Å². The van der Waals surface area contributed by atoms with Gasteiger partial charge in [-0.15, -0.1) is 0 Å². The first kappa shape index (κ1) is 18.5. The second-order valence-electron chi connectivity index (χ2n) is 5.61. The van der Waals surface area contributed by atoms with Gasteiger partial charge in [-0.05, 0) is 35.4 Å². The third kappa shape index (κ3) is 4.86. The van der Waals surface area contributed by atoms with E-state index >= 15 is 0 Å². The standard InChI is InChI=1S/C18H14Br2N4O2/c19-15-5-1-3-13(7-15)11-23(12-14-4-2-6-16(20)8-14)18-21-9-17(10-22-18)24(25)26/h1-10H,11-12H2. The van der Waals surface area contributed by atoms with Crippen LogP contribution >= 0.6 is 31.9 Å². The molecule has 1 heterocycles. The van der Waals surface area contributed by atoms with Gasteiger partial charge >= 0.3 is 5.69 Å². The molecule has 0 aliphatic rings. The lowest BCUT2D eigenvalue weighted by Crippen LogP contribution is -2.24. The molecule has 6 nitrogen and oxygen atoms in total. The van der Waals surface area contributed by atoms with Crippen LogP contribution in [-0.4, -0.2) is 14.9 Å². The summed E-state index contributed by atoms with van der Waals surface area (Å²) in [5.41, 5.74) is 2.03. The highest BCUT2D eigenvalue weighted by Crippen LogP contribution is 2.21. The highest BCUT2D eigenvalue weighted by molar-refractivity contribution is 9.10. The Balaban J connectivity index is 1.90. The molecule has 0 unspecified atom stereocenters. The molecule has 0 radical (unpaired) electrons. The van der Waals surface area contributed by atoms with E-state index in [4.69, 9.17) is 0 Å². The molecule has 132 valence electrons. The lowest BCUT2D eigenvalue weighted by Gasteiger charge is -2.23. The number of hydrogen-bond donors (Lipinski definition) is 0. The molecule has 0 atom stereocenters. The van der Waals surface area contributed by atoms with Crippen LogP contribution in [0, 0.1) is 10.1 Å². The van der Waals surface area contributed by atoms with E-state index in [-0.39, 0.29) is 5.69 Å². The monoisotopic (exact) mass is 476 g/mol. The van der Waals surface area contributed by atoms with Gasteiger partial charge in [0, 0.05) is 22.0 Å². The Morgan fingerprint density at radius 3 is 1.85 bits per heavy atom. The number of benzene rings is 2. The van der Waals surface area contributed by atoms with Crippen LogP contribution in [0.25, 0.3) is 0 Å². The second kappa shape index (κ2) is 8.37. The van der Waals surface area contributed by atoms with Crippen molar-refractivity contribution in [2.75, 3.05) is 4.90 Å². The molecule has 0 aliphatic carbocycles. The minimum absolute atomic E-state index is 0.126. The summed E-state index contributed by atoms with van der Waals surface area (Å²) in [4.78, 5) is 20.7. The first-order valence-corrected chi connectivity index (χ1v) is 9.30. The van der Waals surface area contributed by atoms with Gasteiger partial charge in [0.25, 0.3) is 0 Å². The van der Waals surface area contributed by atoms with E-state index in [0.29, 0.717) is 19.0 Å². The van der Waals surface area contributed by atoms with Crippen molar-refractivity contribution in [2.24, 2.45) is 0 Å². The molecule has 0 aliphatic heterocycles. The predicted molar refractivity (Wildman–Crippen MR) is 107 cm³/mol. The third-order valence-corrected chi connectivity index (χ3v) is 4.63. The van der Waals surface area contributed by atoms with Crippen LogP contribution in [0.4, 0.5) is 11.6 Å². The summed E-state index contributed by atoms with van der Waals surface area (Å²) in [7, 11) is 0. The zero-order valence-electron chi connectivity index (χ0n) is 13.5. The number of halogens is 2. The van der Waals surface area contributed by atoms with Crippen LogP contribution in [0.5, 0.6) is 0 Å². The maximum atomic E-state index is 10.8. The number of nitro groups is 1. The molecule has 1 aromatic heterocycles. The van der Waals surface area contributed by atoms with E-state index in [1.807, 2.05) is 53.4 Å². The molecule has 0 N–H and O–H groups in total. The Bertz CT molecular complexity index is 872. The van der Waals surface area contributed by atoms with Crippen LogP contribution in [0.15, 0.2) is 69.9 Å². The molecular weight excluding hydrogens is 464 g/mol. The fraction of sp³-hybridized carbons (Fsp3) is 0.111. The lowest BCUT2D eigenvalue weighted by atomic mass is 10.2. The summed E-state index contributed by atoms with van der Waals surface area (Å²) in [5.74, 6) is 0.440. The van der Waals surface area contributed by atoms with E-state index in [1.54, 1.807) is 0 Å². The van der Waals surface area contributed by atoms with Gasteiger partial charge in [0.15, 0.2) is 0 Å².